The molecular weight excluding hydrogens is 399 g/mol. The molecule has 27 heavy (non-hydrogen) atoms. The highest BCUT2D eigenvalue weighted by Gasteiger charge is 2.01. The summed E-state index contributed by atoms with van der Waals surface area (Å²) < 4.78 is 8.96. The van der Waals surface area contributed by atoms with E-state index in [0.717, 1.165) is 44.0 Å². The van der Waals surface area contributed by atoms with E-state index in [1.807, 2.05) is 44.2 Å². The fourth-order valence-corrected chi connectivity index (χ4v) is 3.39. The van der Waals surface area contributed by atoms with Gasteiger partial charge in [0, 0.05) is 23.0 Å². The Labute approximate surface area is 178 Å². The first kappa shape index (κ1) is 24.3. The SMILES string of the molecule is CC.Clc1ccc(SNCCCCNCCOCc2ccccc2)c(Cl)c1. The zero-order valence-electron chi connectivity index (χ0n) is 16.1. The summed E-state index contributed by atoms with van der Waals surface area (Å²) in [6, 6.07) is 15.8. The third kappa shape index (κ3) is 11.6. The second-order valence-corrected chi connectivity index (χ2v) is 7.34. The molecule has 2 N–H and O–H groups in total. The normalized spacial score (nSPS) is 10.4. The average molecular weight is 429 g/mol. The van der Waals surface area contributed by atoms with Crippen molar-refractivity contribution in [3.8, 4) is 0 Å². The number of nitrogens with one attached hydrogen (secondary N) is 2. The third-order valence-corrected chi connectivity index (χ3v) is 5.08. The molecule has 0 spiro atoms. The van der Waals surface area contributed by atoms with Crippen molar-refractivity contribution in [2.45, 2.75) is 38.2 Å². The molecule has 0 saturated carbocycles. The van der Waals surface area contributed by atoms with Gasteiger partial charge in [0.1, 0.15) is 0 Å². The van der Waals surface area contributed by atoms with Crippen molar-refractivity contribution in [1.82, 2.24) is 10.0 Å². The predicted octanol–water partition coefficient (Wildman–Crippen LogP) is 6.20. The molecule has 0 saturated heterocycles. The molecule has 0 fully saturated rings. The standard InChI is InChI=1S/C19H24Cl2N2OS.C2H6/c20-17-8-9-19(18(21)14-17)25-23-11-5-4-10-22-12-13-24-15-16-6-2-1-3-7-16;1-2/h1-3,6-9,14,22-23H,4-5,10-13,15H2;1-2H3. The molecule has 0 radical (unpaired) electrons. The zero-order chi connectivity index (χ0) is 19.7. The maximum Gasteiger partial charge on any atom is 0.0717 e. The molecule has 3 nitrogen and oxygen atoms in total. The largest absolute Gasteiger partial charge is 0.375 e. The maximum absolute atomic E-state index is 6.12. The van der Waals surface area contributed by atoms with E-state index >= 15 is 0 Å². The second-order valence-electron chi connectivity index (χ2n) is 5.57. The lowest BCUT2D eigenvalue weighted by Crippen LogP contribution is -2.21. The number of benzene rings is 2. The highest BCUT2D eigenvalue weighted by atomic mass is 35.5. The minimum atomic E-state index is 0.660. The summed E-state index contributed by atoms with van der Waals surface area (Å²) in [6.45, 7) is 8.24. The summed E-state index contributed by atoms with van der Waals surface area (Å²) >= 11 is 13.6. The molecule has 2 aromatic rings. The third-order valence-electron chi connectivity index (χ3n) is 3.49. The summed E-state index contributed by atoms with van der Waals surface area (Å²) in [5, 5.41) is 4.74. The van der Waals surface area contributed by atoms with E-state index in [4.69, 9.17) is 27.9 Å². The maximum atomic E-state index is 6.12. The Bertz CT molecular complexity index is 614. The molecule has 2 aromatic carbocycles. The van der Waals surface area contributed by atoms with Crippen LogP contribution in [-0.2, 0) is 11.3 Å². The fourth-order valence-electron chi connectivity index (χ4n) is 2.17. The minimum Gasteiger partial charge on any atom is -0.375 e. The molecule has 0 aliphatic heterocycles. The number of unbranched alkanes of at least 4 members (excludes halogenated alkanes) is 1. The van der Waals surface area contributed by atoms with Gasteiger partial charge in [-0.05, 0) is 55.1 Å². The van der Waals surface area contributed by atoms with Crippen LogP contribution in [0.3, 0.4) is 0 Å². The fraction of sp³-hybridized carbons (Fsp3) is 0.429. The first-order valence-electron chi connectivity index (χ1n) is 9.43. The van der Waals surface area contributed by atoms with Crippen molar-refractivity contribution < 1.29 is 4.74 Å². The summed E-state index contributed by atoms with van der Waals surface area (Å²) in [5.41, 5.74) is 1.21. The molecule has 0 bridgehead atoms. The van der Waals surface area contributed by atoms with Crippen LogP contribution in [-0.4, -0.2) is 26.2 Å². The molecule has 6 heteroatoms. The van der Waals surface area contributed by atoms with Crippen LogP contribution in [0.1, 0.15) is 32.3 Å². The van der Waals surface area contributed by atoms with Gasteiger partial charge in [0.05, 0.1) is 18.2 Å². The topological polar surface area (TPSA) is 33.3 Å². The molecule has 0 atom stereocenters. The Morgan fingerprint density at radius 2 is 1.67 bits per heavy atom. The van der Waals surface area contributed by atoms with Gasteiger partial charge in [-0.25, -0.2) is 0 Å². The van der Waals surface area contributed by atoms with Gasteiger partial charge < -0.3 is 10.1 Å². The van der Waals surface area contributed by atoms with Crippen LogP contribution < -0.4 is 10.0 Å². The highest BCUT2D eigenvalue weighted by Crippen LogP contribution is 2.27. The van der Waals surface area contributed by atoms with Crippen LogP contribution in [0.5, 0.6) is 0 Å². The van der Waals surface area contributed by atoms with Gasteiger partial charge in [-0.2, -0.15) is 0 Å². The Morgan fingerprint density at radius 3 is 2.41 bits per heavy atom. The Balaban J connectivity index is 0.00000176. The quantitative estimate of drug-likeness (QED) is 0.311. The lowest BCUT2D eigenvalue weighted by atomic mass is 10.2. The van der Waals surface area contributed by atoms with Gasteiger partial charge in [0.25, 0.3) is 0 Å². The van der Waals surface area contributed by atoms with Crippen LogP contribution in [0.25, 0.3) is 0 Å². The first-order chi connectivity index (χ1) is 13.3. The molecular formula is C21H30Cl2N2OS. The number of ether oxygens (including phenoxy) is 1. The van der Waals surface area contributed by atoms with E-state index in [1.165, 1.54) is 5.56 Å². The van der Waals surface area contributed by atoms with Gasteiger partial charge in [-0.1, -0.05) is 67.4 Å². The van der Waals surface area contributed by atoms with E-state index in [1.54, 1.807) is 18.0 Å². The number of halogens is 2. The summed E-state index contributed by atoms with van der Waals surface area (Å²) in [4.78, 5) is 1.000. The Morgan fingerprint density at radius 1 is 0.926 bits per heavy atom. The molecule has 150 valence electrons. The van der Waals surface area contributed by atoms with Crippen LogP contribution in [0.4, 0.5) is 0 Å². The molecule has 0 aliphatic rings. The summed E-state index contributed by atoms with van der Waals surface area (Å²) in [6.07, 6.45) is 2.23. The van der Waals surface area contributed by atoms with Crippen molar-refractivity contribution >= 4 is 35.1 Å². The predicted molar refractivity (Wildman–Crippen MR) is 120 cm³/mol. The molecule has 2 rings (SSSR count). The van der Waals surface area contributed by atoms with E-state index in [9.17, 15) is 0 Å². The highest BCUT2D eigenvalue weighted by molar-refractivity contribution is 7.97. The monoisotopic (exact) mass is 428 g/mol. The van der Waals surface area contributed by atoms with Crippen LogP contribution >= 0.6 is 35.1 Å². The summed E-state index contributed by atoms with van der Waals surface area (Å²) in [7, 11) is 0. The molecule has 0 aromatic heterocycles. The lowest BCUT2D eigenvalue weighted by Gasteiger charge is -2.08. The van der Waals surface area contributed by atoms with Gasteiger partial charge in [0.15, 0.2) is 0 Å². The second kappa shape index (κ2) is 16.2. The van der Waals surface area contributed by atoms with E-state index < -0.39 is 0 Å². The molecule has 0 amide bonds. The van der Waals surface area contributed by atoms with Gasteiger partial charge >= 0.3 is 0 Å². The Hall–Kier alpha value is -0.750. The van der Waals surface area contributed by atoms with E-state index in [0.29, 0.717) is 16.7 Å². The lowest BCUT2D eigenvalue weighted by molar-refractivity contribution is 0.123. The minimum absolute atomic E-state index is 0.660. The van der Waals surface area contributed by atoms with Gasteiger partial charge in [-0.15, -0.1) is 0 Å². The zero-order valence-corrected chi connectivity index (χ0v) is 18.5. The van der Waals surface area contributed by atoms with Gasteiger partial charge in [-0.3, -0.25) is 4.72 Å². The molecule has 0 unspecified atom stereocenters. The molecule has 0 heterocycles. The molecule has 0 aliphatic carbocycles. The number of hydrogen-bond acceptors (Lipinski definition) is 4. The first-order valence-corrected chi connectivity index (χ1v) is 11.0. The van der Waals surface area contributed by atoms with Crippen molar-refractivity contribution in [1.29, 1.82) is 0 Å². The Kier molecular flexibility index (Phi) is 14.6. The van der Waals surface area contributed by atoms with E-state index in [2.05, 4.69) is 22.2 Å². The van der Waals surface area contributed by atoms with E-state index in [-0.39, 0.29) is 0 Å². The van der Waals surface area contributed by atoms with Gasteiger partial charge in [0.2, 0.25) is 0 Å². The van der Waals surface area contributed by atoms with Crippen LogP contribution in [0.15, 0.2) is 53.4 Å². The summed E-state index contributed by atoms with van der Waals surface area (Å²) in [5.74, 6) is 0. The smallest absolute Gasteiger partial charge is 0.0717 e. The van der Waals surface area contributed by atoms with Crippen LogP contribution in [0, 0.1) is 0 Å². The van der Waals surface area contributed by atoms with Crippen molar-refractivity contribution in [3.05, 3.63) is 64.1 Å². The van der Waals surface area contributed by atoms with Crippen molar-refractivity contribution in [2.24, 2.45) is 0 Å². The van der Waals surface area contributed by atoms with Crippen molar-refractivity contribution in [3.63, 3.8) is 0 Å². The average Bonchev–Trinajstić information content (AvgIpc) is 2.70. The number of hydrogen-bond donors (Lipinski definition) is 2. The van der Waals surface area contributed by atoms with Crippen LogP contribution in [0.2, 0.25) is 10.0 Å². The van der Waals surface area contributed by atoms with Crippen molar-refractivity contribution in [2.75, 3.05) is 26.2 Å². The number of rotatable bonds is 12.